The normalized spacial score (nSPS) is 12.7. The molecule has 206 valence electrons. The van der Waals surface area contributed by atoms with Crippen LogP contribution in [0.5, 0.6) is 0 Å². The van der Waals surface area contributed by atoms with Crippen LogP contribution in [-0.4, -0.2) is 46.9 Å². The molecule has 38 heavy (non-hydrogen) atoms. The molecule has 0 radical (unpaired) electrons. The summed E-state index contributed by atoms with van der Waals surface area (Å²) in [4.78, 5) is 53.4. The summed E-state index contributed by atoms with van der Waals surface area (Å²) in [5, 5.41) is 5.68. The lowest BCUT2D eigenvalue weighted by Crippen LogP contribution is -2.53. The number of benzene rings is 2. The number of para-hydroxylation sites is 1. The van der Waals surface area contributed by atoms with Gasteiger partial charge in [0.05, 0.1) is 17.1 Å². The number of likely N-dealkylation sites (N-methyl/N-ethyl adjacent to an activating group) is 1. The highest BCUT2D eigenvalue weighted by Crippen LogP contribution is 2.31. The van der Waals surface area contributed by atoms with Gasteiger partial charge in [0.25, 0.3) is 5.91 Å². The van der Waals surface area contributed by atoms with E-state index in [1.165, 1.54) is 4.90 Å². The lowest BCUT2D eigenvalue weighted by Gasteiger charge is -2.34. The first-order valence-electron chi connectivity index (χ1n) is 12.4. The average molecular weight is 545 g/mol. The van der Waals surface area contributed by atoms with Gasteiger partial charge in [-0.25, -0.2) is 4.79 Å². The van der Waals surface area contributed by atoms with Crippen LogP contribution < -0.4 is 16.4 Å². The van der Waals surface area contributed by atoms with Crippen LogP contribution >= 0.6 is 11.6 Å². The Morgan fingerprint density at radius 1 is 1.03 bits per heavy atom. The summed E-state index contributed by atoms with van der Waals surface area (Å²) in [6.07, 6.45) is -1.35. The van der Waals surface area contributed by atoms with Crippen molar-refractivity contribution in [1.82, 2.24) is 10.2 Å². The third-order valence-electron chi connectivity index (χ3n) is 5.99. The first-order chi connectivity index (χ1) is 17.7. The van der Waals surface area contributed by atoms with Crippen molar-refractivity contribution in [3.8, 4) is 0 Å². The van der Waals surface area contributed by atoms with Crippen LogP contribution in [0.3, 0.4) is 0 Å². The van der Waals surface area contributed by atoms with Crippen molar-refractivity contribution in [2.75, 3.05) is 11.9 Å². The number of rotatable bonds is 9. The van der Waals surface area contributed by atoms with Crippen molar-refractivity contribution in [1.29, 1.82) is 0 Å². The number of nitrogens with zero attached hydrogens (tertiary/aromatic N) is 1. The van der Waals surface area contributed by atoms with E-state index in [-0.39, 0.29) is 6.54 Å². The van der Waals surface area contributed by atoms with Crippen molar-refractivity contribution in [2.24, 2.45) is 5.73 Å². The second-order valence-corrected chi connectivity index (χ2v) is 10.5. The minimum atomic E-state index is -1.34. The standard InChI is InChI=1S/C28H37ClN4O5/c1-8-33(26(36)21(15-22(30)34)31-27(37)38-28(5,6)7)24(19-13-9-11-16(2)18(19)4)25(35)32-23-17(3)12-10-14-20(23)29/h9-14,21,24H,8,15H2,1-7H3,(H2,30,34)(H,31,37)(H,32,35). The fourth-order valence-corrected chi connectivity index (χ4v) is 4.29. The van der Waals surface area contributed by atoms with E-state index in [0.717, 1.165) is 16.7 Å². The van der Waals surface area contributed by atoms with E-state index in [2.05, 4.69) is 10.6 Å². The Bertz CT molecular complexity index is 1190. The molecule has 0 spiro atoms. The summed E-state index contributed by atoms with van der Waals surface area (Å²) in [6.45, 7) is 12.4. The number of nitrogens with two attached hydrogens (primary N) is 1. The molecule has 2 aromatic rings. The zero-order chi connectivity index (χ0) is 28.8. The summed E-state index contributed by atoms with van der Waals surface area (Å²) >= 11 is 6.37. The van der Waals surface area contributed by atoms with Gasteiger partial charge in [-0.2, -0.15) is 0 Å². The third kappa shape index (κ3) is 7.95. The van der Waals surface area contributed by atoms with Gasteiger partial charge in [0.15, 0.2) is 0 Å². The number of hydrogen-bond donors (Lipinski definition) is 3. The van der Waals surface area contributed by atoms with Crippen LogP contribution in [-0.2, 0) is 19.1 Å². The quantitative estimate of drug-likeness (QED) is 0.426. The van der Waals surface area contributed by atoms with Gasteiger partial charge in [-0.3, -0.25) is 14.4 Å². The van der Waals surface area contributed by atoms with Gasteiger partial charge < -0.3 is 26.0 Å². The zero-order valence-corrected chi connectivity index (χ0v) is 23.7. The molecular formula is C28H37ClN4O5. The number of aryl methyl sites for hydroxylation is 2. The number of nitrogens with one attached hydrogen (secondary N) is 2. The molecule has 4 N–H and O–H groups in total. The molecule has 0 heterocycles. The molecular weight excluding hydrogens is 508 g/mol. The van der Waals surface area contributed by atoms with Crippen LogP contribution in [0.2, 0.25) is 5.02 Å². The molecule has 0 saturated carbocycles. The average Bonchev–Trinajstić information content (AvgIpc) is 2.79. The first-order valence-corrected chi connectivity index (χ1v) is 12.7. The SMILES string of the molecule is CCN(C(=O)C(CC(N)=O)NC(=O)OC(C)(C)C)C(C(=O)Nc1c(C)cccc1Cl)c1cccc(C)c1C. The summed E-state index contributed by atoms with van der Waals surface area (Å²) in [5.41, 5.74) is 8.10. The maximum Gasteiger partial charge on any atom is 0.408 e. The fraction of sp³-hybridized carbons (Fsp3) is 0.429. The van der Waals surface area contributed by atoms with Gasteiger partial charge in [-0.1, -0.05) is 41.9 Å². The highest BCUT2D eigenvalue weighted by molar-refractivity contribution is 6.34. The number of primary amides is 1. The highest BCUT2D eigenvalue weighted by Gasteiger charge is 2.37. The number of halogens is 1. The molecule has 0 fully saturated rings. The van der Waals surface area contributed by atoms with Gasteiger partial charge >= 0.3 is 6.09 Å². The Morgan fingerprint density at radius 2 is 1.63 bits per heavy atom. The molecule has 0 bridgehead atoms. The van der Waals surface area contributed by atoms with E-state index in [0.29, 0.717) is 16.3 Å². The molecule has 2 unspecified atom stereocenters. The predicted octanol–water partition coefficient (Wildman–Crippen LogP) is 4.56. The second kappa shape index (κ2) is 12.8. The minimum absolute atomic E-state index is 0.0943. The minimum Gasteiger partial charge on any atom is -0.444 e. The van der Waals surface area contributed by atoms with E-state index in [1.807, 2.05) is 32.9 Å². The smallest absolute Gasteiger partial charge is 0.408 e. The fourth-order valence-electron chi connectivity index (χ4n) is 4.02. The maximum atomic E-state index is 13.9. The number of carbonyl (C=O) groups is 4. The molecule has 9 nitrogen and oxygen atoms in total. The number of carbonyl (C=O) groups excluding carboxylic acids is 4. The molecule has 2 rings (SSSR count). The Labute approximate surface area is 229 Å². The summed E-state index contributed by atoms with van der Waals surface area (Å²) < 4.78 is 5.28. The van der Waals surface area contributed by atoms with E-state index in [9.17, 15) is 19.2 Å². The Hall–Kier alpha value is -3.59. The monoisotopic (exact) mass is 544 g/mol. The predicted molar refractivity (Wildman–Crippen MR) is 148 cm³/mol. The number of anilines is 1. The molecule has 2 atom stereocenters. The van der Waals surface area contributed by atoms with Crippen molar-refractivity contribution in [3.05, 3.63) is 63.7 Å². The molecule has 2 aromatic carbocycles. The molecule has 0 saturated heterocycles. The van der Waals surface area contributed by atoms with E-state index in [1.54, 1.807) is 52.0 Å². The number of ether oxygens (including phenoxy) is 1. The number of hydrogen-bond acceptors (Lipinski definition) is 5. The lowest BCUT2D eigenvalue weighted by molar-refractivity contribution is -0.141. The van der Waals surface area contributed by atoms with Gasteiger partial charge in [0, 0.05) is 6.54 Å². The molecule has 10 heteroatoms. The topological polar surface area (TPSA) is 131 Å². The Morgan fingerprint density at radius 3 is 2.18 bits per heavy atom. The van der Waals surface area contributed by atoms with Gasteiger partial charge in [0.1, 0.15) is 17.7 Å². The van der Waals surface area contributed by atoms with E-state index >= 15 is 0 Å². The number of alkyl carbamates (subject to hydrolysis) is 1. The van der Waals surface area contributed by atoms with Gasteiger partial charge in [-0.15, -0.1) is 0 Å². The van der Waals surface area contributed by atoms with Crippen molar-refractivity contribution >= 4 is 41.1 Å². The zero-order valence-electron chi connectivity index (χ0n) is 23.0. The molecule has 4 amide bonds. The molecule has 0 aliphatic heterocycles. The van der Waals surface area contributed by atoms with Crippen molar-refractivity contribution in [3.63, 3.8) is 0 Å². The Kier molecular flexibility index (Phi) is 10.3. The maximum absolute atomic E-state index is 13.9. The van der Waals surface area contributed by atoms with Crippen LogP contribution in [0.15, 0.2) is 36.4 Å². The van der Waals surface area contributed by atoms with Gasteiger partial charge in [0.2, 0.25) is 11.8 Å². The van der Waals surface area contributed by atoms with E-state index < -0.39 is 47.9 Å². The third-order valence-corrected chi connectivity index (χ3v) is 6.30. The van der Waals surface area contributed by atoms with Crippen molar-refractivity contribution in [2.45, 2.75) is 72.6 Å². The number of amides is 4. The van der Waals surface area contributed by atoms with Crippen LogP contribution in [0, 0.1) is 20.8 Å². The Balaban J connectivity index is 2.56. The van der Waals surface area contributed by atoms with Crippen LogP contribution in [0.1, 0.15) is 62.4 Å². The molecule has 0 aromatic heterocycles. The van der Waals surface area contributed by atoms with Gasteiger partial charge in [-0.05, 0) is 76.8 Å². The summed E-state index contributed by atoms with van der Waals surface area (Å²) in [7, 11) is 0. The van der Waals surface area contributed by atoms with Crippen LogP contribution in [0.4, 0.5) is 10.5 Å². The lowest BCUT2D eigenvalue weighted by atomic mass is 9.94. The van der Waals surface area contributed by atoms with E-state index in [4.69, 9.17) is 22.1 Å². The first kappa shape index (κ1) is 30.6. The summed E-state index contributed by atoms with van der Waals surface area (Å²) in [5.74, 6) is -1.95. The molecule has 0 aliphatic rings. The van der Waals surface area contributed by atoms with Crippen molar-refractivity contribution < 1.29 is 23.9 Å². The largest absolute Gasteiger partial charge is 0.444 e. The highest BCUT2D eigenvalue weighted by atomic mass is 35.5. The molecule has 0 aliphatic carbocycles. The second-order valence-electron chi connectivity index (χ2n) is 10.1. The van der Waals surface area contributed by atoms with Crippen LogP contribution in [0.25, 0.3) is 0 Å². The summed E-state index contributed by atoms with van der Waals surface area (Å²) in [6, 6.07) is 8.28.